The van der Waals surface area contributed by atoms with Gasteiger partial charge in [-0.25, -0.2) is 9.97 Å². The van der Waals surface area contributed by atoms with Gasteiger partial charge in [-0.2, -0.15) is 0 Å². The zero-order valence-electron chi connectivity index (χ0n) is 16.0. The van der Waals surface area contributed by atoms with Crippen molar-refractivity contribution < 1.29 is 5.11 Å². The second-order valence-electron chi connectivity index (χ2n) is 8.09. The first-order chi connectivity index (χ1) is 13.7. The van der Waals surface area contributed by atoms with Crippen LogP contribution in [0.15, 0.2) is 42.0 Å². The molecule has 0 spiro atoms. The van der Waals surface area contributed by atoms with Gasteiger partial charge in [-0.15, -0.1) is 11.3 Å². The molecule has 5 nitrogen and oxygen atoms in total. The maximum atomic E-state index is 11.1. The lowest BCUT2D eigenvalue weighted by Crippen LogP contribution is -2.50. The molecule has 3 aromatic rings. The van der Waals surface area contributed by atoms with Gasteiger partial charge in [0.05, 0.1) is 11.0 Å². The molecule has 146 valence electrons. The number of nitrogens with zero attached hydrogens (tertiary/aromatic N) is 4. The number of fused-ring (bicyclic) bond motifs is 1. The summed E-state index contributed by atoms with van der Waals surface area (Å²) in [7, 11) is 0. The summed E-state index contributed by atoms with van der Waals surface area (Å²) in [5, 5.41) is 14.4. The summed E-state index contributed by atoms with van der Waals surface area (Å²) in [5.41, 5.74) is 1.84. The fraction of sp³-hybridized carbons (Fsp3) is 0.455. The average Bonchev–Trinajstić information content (AvgIpc) is 3.38. The fourth-order valence-electron chi connectivity index (χ4n) is 4.58. The molecule has 0 unspecified atom stereocenters. The molecule has 2 fully saturated rings. The van der Waals surface area contributed by atoms with Crippen LogP contribution in [0.3, 0.4) is 0 Å². The predicted octanol–water partition coefficient (Wildman–Crippen LogP) is 3.79. The first kappa shape index (κ1) is 18.0. The highest BCUT2D eigenvalue weighted by atomic mass is 32.1. The van der Waals surface area contributed by atoms with Crippen LogP contribution in [0.2, 0.25) is 0 Å². The van der Waals surface area contributed by atoms with Crippen molar-refractivity contribution >= 4 is 27.4 Å². The number of aliphatic hydroxyl groups is 1. The second-order valence-corrected chi connectivity index (χ2v) is 8.95. The van der Waals surface area contributed by atoms with Gasteiger partial charge < -0.3 is 14.9 Å². The quantitative estimate of drug-likeness (QED) is 0.730. The lowest BCUT2D eigenvalue weighted by Gasteiger charge is -2.40. The van der Waals surface area contributed by atoms with Crippen molar-refractivity contribution in [3.8, 4) is 11.1 Å². The van der Waals surface area contributed by atoms with Crippen molar-refractivity contribution in [1.29, 1.82) is 0 Å². The van der Waals surface area contributed by atoms with E-state index in [1.54, 1.807) is 17.7 Å². The predicted molar refractivity (Wildman–Crippen MR) is 115 cm³/mol. The number of β-amino-alcohol motifs (C(OH)–C–C–N with tert-alkyl or cyclic N) is 1. The molecule has 2 aromatic heterocycles. The number of piperidine rings is 1. The fourth-order valence-corrected chi connectivity index (χ4v) is 5.49. The molecule has 2 aliphatic heterocycles. The van der Waals surface area contributed by atoms with E-state index in [4.69, 9.17) is 0 Å². The minimum absolute atomic E-state index is 0.566. The third kappa shape index (κ3) is 3.41. The van der Waals surface area contributed by atoms with Crippen molar-refractivity contribution in [2.45, 2.75) is 31.3 Å². The lowest BCUT2D eigenvalue weighted by atomic mass is 9.90. The van der Waals surface area contributed by atoms with Gasteiger partial charge in [-0.3, -0.25) is 0 Å². The highest BCUT2D eigenvalue weighted by Crippen LogP contribution is 2.39. The Morgan fingerprint density at radius 1 is 1.00 bits per heavy atom. The first-order valence-electron chi connectivity index (χ1n) is 10.2. The van der Waals surface area contributed by atoms with Gasteiger partial charge in [0.25, 0.3) is 0 Å². The molecule has 4 heterocycles. The number of likely N-dealkylation sites (tertiary alicyclic amines) is 1. The summed E-state index contributed by atoms with van der Waals surface area (Å²) in [6, 6.07) is 10.5. The standard InChI is InChI=1S/C22H26N4OS/c27-22(15-25-10-4-5-11-25)8-12-26(13-9-22)20-19-18(17-6-2-1-3-7-17)14-28-21(19)24-16-23-20/h1-3,6-7,14,16,27H,4-5,8-13,15H2. The van der Waals surface area contributed by atoms with Crippen molar-refractivity contribution in [2.24, 2.45) is 0 Å². The van der Waals surface area contributed by atoms with Gasteiger partial charge in [0.2, 0.25) is 0 Å². The van der Waals surface area contributed by atoms with Crippen LogP contribution in [-0.4, -0.2) is 58.3 Å². The Labute approximate surface area is 169 Å². The van der Waals surface area contributed by atoms with Crippen LogP contribution in [-0.2, 0) is 0 Å². The maximum Gasteiger partial charge on any atom is 0.141 e. The van der Waals surface area contributed by atoms with E-state index in [1.807, 2.05) is 6.07 Å². The van der Waals surface area contributed by atoms with E-state index in [0.717, 1.165) is 61.6 Å². The third-order valence-electron chi connectivity index (χ3n) is 6.15. The second kappa shape index (κ2) is 7.43. The molecule has 2 saturated heterocycles. The monoisotopic (exact) mass is 394 g/mol. The highest BCUT2D eigenvalue weighted by Gasteiger charge is 2.35. The van der Waals surface area contributed by atoms with Gasteiger partial charge in [-0.1, -0.05) is 30.3 Å². The Bertz CT molecular complexity index is 944. The minimum atomic E-state index is -0.566. The summed E-state index contributed by atoms with van der Waals surface area (Å²) in [6.45, 7) is 4.75. The first-order valence-corrected chi connectivity index (χ1v) is 11.1. The van der Waals surface area contributed by atoms with E-state index in [1.165, 1.54) is 24.0 Å². The van der Waals surface area contributed by atoms with Crippen molar-refractivity contribution in [1.82, 2.24) is 14.9 Å². The molecule has 0 saturated carbocycles. The van der Waals surface area contributed by atoms with E-state index in [9.17, 15) is 5.11 Å². The van der Waals surface area contributed by atoms with E-state index in [-0.39, 0.29) is 0 Å². The molecule has 1 aromatic carbocycles. The van der Waals surface area contributed by atoms with Crippen LogP contribution in [0, 0.1) is 0 Å². The third-order valence-corrected chi connectivity index (χ3v) is 7.03. The molecular formula is C22H26N4OS. The Kier molecular flexibility index (Phi) is 4.78. The molecule has 28 heavy (non-hydrogen) atoms. The summed E-state index contributed by atoms with van der Waals surface area (Å²) >= 11 is 1.67. The minimum Gasteiger partial charge on any atom is -0.388 e. The van der Waals surface area contributed by atoms with E-state index in [2.05, 4.69) is 49.4 Å². The molecule has 1 N–H and O–H groups in total. The number of thiophene rings is 1. The summed E-state index contributed by atoms with van der Waals surface area (Å²) in [4.78, 5) is 15.0. The molecule has 0 radical (unpaired) electrons. The van der Waals surface area contributed by atoms with E-state index in [0.29, 0.717) is 0 Å². The summed E-state index contributed by atoms with van der Waals surface area (Å²) in [5.74, 6) is 1.01. The van der Waals surface area contributed by atoms with Crippen LogP contribution >= 0.6 is 11.3 Å². The Morgan fingerprint density at radius 2 is 1.75 bits per heavy atom. The Balaban J connectivity index is 1.40. The number of hydrogen-bond acceptors (Lipinski definition) is 6. The van der Waals surface area contributed by atoms with Crippen LogP contribution < -0.4 is 4.90 Å². The summed E-state index contributed by atoms with van der Waals surface area (Å²) in [6.07, 6.45) is 5.79. The summed E-state index contributed by atoms with van der Waals surface area (Å²) < 4.78 is 0. The van der Waals surface area contributed by atoms with Crippen LogP contribution in [0.5, 0.6) is 0 Å². The zero-order chi connectivity index (χ0) is 19.0. The maximum absolute atomic E-state index is 11.1. The van der Waals surface area contributed by atoms with Crippen LogP contribution in [0.1, 0.15) is 25.7 Å². The van der Waals surface area contributed by atoms with Gasteiger partial charge in [0.15, 0.2) is 0 Å². The highest BCUT2D eigenvalue weighted by molar-refractivity contribution is 7.17. The molecule has 0 bridgehead atoms. The van der Waals surface area contributed by atoms with E-state index < -0.39 is 5.60 Å². The molecule has 6 heteroatoms. The average molecular weight is 395 g/mol. The SMILES string of the molecule is OC1(CN2CCCC2)CCN(c2ncnc3scc(-c4ccccc4)c23)CC1. The van der Waals surface area contributed by atoms with Crippen molar-refractivity contribution in [2.75, 3.05) is 37.6 Å². The topological polar surface area (TPSA) is 52.5 Å². The Hall–Kier alpha value is -2.02. The molecular weight excluding hydrogens is 368 g/mol. The van der Waals surface area contributed by atoms with Crippen LogP contribution in [0.4, 0.5) is 5.82 Å². The number of rotatable bonds is 4. The van der Waals surface area contributed by atoms with Gasteiger partial charge in [-0.05, 0) is 44.3 Å². The van der Waals surface area contributed by atoms with Gasteiger partial charge >= 0.3 is 0 Å². The van der Waals surface area contributed by atoms with Gasteiger partial charge in [0, 0.05) is 30.6 Å². The zero-order valence-corrected chi connectivity index (χ0v) is 16.9. The number of hydrogen-bond donors (Lipinski definition) is 1. The normalized spacial score (nSPS) is 20.1. The number of anilines is 1. The number of benzene rings is 1. The van der Waals surface area contributed by atoms with Gasteiger partial charge in [0.1, 0.15) is 17.0 Å². The largest absolute Gasteiger partial charge is 0.388 e. The molecule has 0 atom stereocenters. The van der Waals surface area contributed by atoms with E-state index >= 15 is 0 Å². The van der Waals surface area contributed by atoms with Crippen LogP contribution in [0.25, 0.3) is 21.3 Å². The molecule has 0 aliphatic carbocycles. The number of aromatic nitrogens is 2. The smallest absolute Gasteiger partial charge is 0.141 e. The van der Waals surface area contributed by atoms with Crippen molar-refractivity contribution in [3.05, 3.63) is 42.0 Å². The lowest BCUT2D eigenvalue weighted by molar-refractivity contribution is -0.0111. The molecule has 0 amide bonds. The molecule has 5 rings (SSSR count). The Morgan fingerprint density at radius 3 is 2.50 bits per heavy atom. The van der Waals surface area contributed by atoms with Crippen molar-refractivity contribution in [3.63, 3.8) is 0 Å². The molecule has 2 aliphatic rings.